The van der Waals surface area contributed by atoms with Gasteiger partial charge in [-0.15, -0.1) is 0 Å². The molecule has 1 aromatic carbocycles. The quantitative estimate of drug-likeness (QED) is 0.518. The molecule has 0 aliphatic heterocycles. The van der Waals surface area contributed by atoms with Gasteiger partial charge in [0.05, 0.1) is 11.0 Å². The Bertz CT molecular complexity index is 762. The highest BCUT2D eigenvalue weighted by atomic mass is 16.3. The molecule has 1 fully saturated rings. The van der Waals surface area contributed by atoms with Crippen LogP contribution in [0.2, 0.25) is 0 Å². The van der Waals surface area contributed by atoms with Crippen LogP contribution in [0.1, 0.15) is 120 Å². The molecule has 4 atom stereocenters. The molecule has 4 unspecified atom stereocenters. The molecule has 0 spiro atoms. The highest BCUT2D eigenvalue weighted by molar-refractivity contribution is 5.98. The Labute approximate surface area is 193 Å². The van der Waals surface area contributed by atoms with E-state index in [1.807, 2.05) is 27.7 Å². The average Bonchev–Trinajstić information content (AvgIpc) is 2.77. The van der Waals surface area contributed by atoms with Crippen LogP contribution in [-0.2, 0) is 15.6 Å². The van der Waals surface area contributed by atoms with Crippen molar-refractivity contribution < 1.29 is 9.90 Å². The van der Waals surface area contributed by atoms with E-state index in [1.165, 1.54) is 11.1 Å². The molecule has 0 aromatic heterocycles. The van der Waals surface area contributed by atoms with E-state index < -0.39 is 16.4 Å². The summed E-state index contributed by atoms with van der Waals surface area (Å²) < 4.78 is 0. The Kier molecular flexibility index (Phi) is 8.43. The lowest BCUT2D eigenvalue weighted by Gasteiger charge is -2.62. The molecule has 1 aromatic rings. The summed E-state index contributed by atoms with van der Waals surface area (Å²) in [5.41, 5.74) is 0.175. The number of hydrogen-bond acceptors (Lipinski definition) is 2. The molecular weight excluding hydrogens is 380 g/mol. The molecular formula is C29H50O2. The number of aliphatic hydroxyl groups is 1. The highest BCUT2D eigenvalue weighted by Gasteiger charge is 2.65. The molecule has 31 heavy (non-hydrogen) atoms. The summed E-state index contributed by atoms with van der Waals surface area (Å²) >= 11 is 0. The summed E-state index contributed by atoms with van der Waals surface area (Å²) in [6, 6.07) is 8.59. The van der Waals surface area contributed by atoms with Crippen LogP contribution in [0.15, 0.2) is 24.3 Å². The summed E-state index contributed by atoms with van der Waals surface area (Å²) in [5, 5.41) is 11.8. The van der Waals surface area contributed by atoms with E-state index in [4.69, 9.17) is 0 Å². The number of carbonyl (C=O) groups excluding carboxylic acids is 1. The van der Waals surface area contributed by atoms with Crippen molar-refractivity contribution in [3.05, 3.63) is 35.4 Å². The summed E-state index contributed by atoms with van der Waals surface area (Å²) in [7, 11) is 0. The van der Waals surface area contributed by atoms with Crippen LogP contribution < -0.4 is 0 Å². The number of Topliss-reactive ketones (excluding diaryl/α,β-unsaturated/α-hetero) is 1. The Morgan fingerprint density at radius 2 is 1.35 bits per heavy atom. The maximum Gasteiger partial charge on any atom is 0.150 e. The molecule has 3 rings (SSSR count). The number of rotatable bonds is 2. The topological polar surface area (TPSA) is 37.3 Å². The van der Waals surface area contributed by atoms with Gasteiger partial charge in [0.1, 0.15) is 5.78 Å². The van der Waals surface area contributed by atoms with Crippen molar-refractivity contribution >= 4 is 5.78 Å². The van der Waals surface area contributed by atoms with Crippen LogP contribution >= 0.6 is 0 Å². The molecule has 0 saturated heterocycles. The van der Waals surface area contributed by atoms with Gasteiger partial charge in [-0.1, -0.05) is 107 Å². The molecule has 2 nitrogen and oxygen atoms in total. The standard InChI is InChI=1S/C25H38O2.2C2H6/c1-9-24-15-21(4,5)17(3)25(27,10-2)16-23(8,20(24)26)22(6,7)18-13-11-12-14-19(18)24;2*1-2/h11-14,17,27H,9-10,15-16H2,1-8H3;2*1-2H3. The normalized spacial score (nSPS) is 35.3. The largest absolute Gasteiger partial charge is 0.390 e. The first kappa shape index (κ1) is 27.9. The molecule has 1 N–H and O–H groups in total. The third-order valence-corrected chi connectivity index (χ3v) is 9.04. The number of fused-ring (bicyclic) bond motifs is 4. The van der Waals surface area contributed by atoms with E-state index in [2.05, 4.69) is 79.7 Å². The van der Waals surface area contributed by atoms with Gasteiger partial charge in [0.2, 0.25) is 0 Å². The summed E-state index contributed by atoms with van der Waals surface area (Å²) in [5.74, 6) is 0.461. The lowest BCUT2D eigenvalue weighted by molar-refractivity contribution is -0.164. The minimum Gasteiger partial charge on any atom is -0.390 e. The van der Waals surface area contributed by atoms with Crippen molar-refractivity contribution in [2.75, 3.05) is 0 Å². The van der Waals surface area contributed by atoms with Crippen molar-refractivity contribution in [2.45, 2.75) is 125 Å². The third-order valence-electron chi connectivity index (χ3n) is 9.04. The van der Waals surface area contributed by atoms with E-state index in [9.17, 15) is 9.90 Å². The number of benzene rings is 1. The molecule has 1 saturated carbocycles. The van der Waals surface area contributed by atoms with Gasteiger partial charge >= 0.3 is 0 Å². The second-order valence-corrected chi connectivity index (χ2v) is 10.8. The van der Waals surface area contributed by atoms with Gasteiger partial charge in [0.15, 0.2) is 0 Å². The zero-order valence-electron chi connectivity index (χ0n) is 22.6. The van der Waals surface area contributed by atoms with E-state index in [0.29, 0.717) is 18.6 Å². The zero-order valence-corrected chi connectivity index (χ0v) is 22.6. The van der Waals surface area contributed by atoms with Gasteiger partial charge < -0.3 is 5.11 Å². The molecule has 2 heteroatoms. The number of carbonyl (C=O) groups is 1. The summed E-state index contributed by atoms with van der Waals surface area (Å²) in [6.45, 7) is 25.5. The van der Waals surface area contributed by atoms with Crippen LogP contribution in [0.3, 0.4) is 0 Å². The molecule has 178 valence electrons. The first-order chi connectivity index (χ1) is 14.3. The lowest BCUT2D eigenvalue weighted by atomic mass is 9.41. The Morgan fingerprint density at radius 1 is 0.871 bits per heavy atom. The van der Waals surface area contributed by atoms with E-state index >= 15 is 0 Å². The fraction of sp³-hybridized carbons (Fsp3) is 0.759. The van der Waals surface area contributed by atoms with E-state index in [0.717, 1.165) is 12.8 Å². The second-order valence-electron chi connectivity index (χ2n) is 10.8. The molecule has 0 heterocycles. The lowest BCUT2D eigenvalue weighted by Crippen LogP contribution is -2.65. The van der Waals surface area contributed by atoms with Crippen molar-refractivity contribution in [1.82, 2.24) is 0 Å². The Hall–Kier alpha value is -1.15. The van der Waals surface area contributed by atoms with Gasteiger partial charge in [0, 0.05) is 10.8 Å². The number of hydrogen-bond donors (Lipinski definition) is 1. The first-order valence-electron chi connectivity index (χ1n) is 12.7. The minimum absolute atomic E-state index is 0.120. The van der Waals surface area contributed by atoms with Crippen molar-refractivity contribution in [3.8, 4) is 0 Å². The Balaban J connectivity index is 0.00000113. The molecule has 0 amide bonds. The molecule has 0 radical (unpaired) electrons. The highest BCUT2D eigenvalue weighted by Crippen LogP contribution is 2.64. The van der Waals surface area contributed by atoms with Gasteiger partial charge in [-0.3, -0.25) is 4.79 Å². The van der Waals surface area contributed by atoms with Crippen LogP contribution in [0, 0.1) is 16.7 Å². The van der Waals surface area contributed by atoms with Crippen molar-refractivity contribution in [3.63, 3.8) is 0 Å². The Morgan fingerprint density at radius 3 is 1.81 bits per heavy atom. The van der Waals surface area contributed by atoms with E-state index in [1.54, 1.807) is 0 Å². The van der Waals surface area contributed by atoms with Gasteiger partial charge in [-0.25, -0.2) is 0 Å². The monoisotopic (exact) mass is 430 g/mol. The maximum absolute atomic E-state index is 14.3. The predicted molar refractivity (Wildman–Crippen MR) is 135 cm³/mol. The number of ketones is 1. The van der Waals surface area contributed by atoms with Crippen LogP contribution in [-0.4, -0.2) is 16.5 Å². The molecule has 2 aliphatic carbocycles. The first-order valence-corrected chi connectivity index (χ1v) is 12.7. The van der Waals surface area contributed by atoms with Gasteiger partial charge in [-0.2, -0.15) is 0 Å². The SMILES string of the molecule is CC.CC.CCC12CC(C)(C)C(C)C(O)(CC)CC(C)(C1=O)C(C)(C)c1ccccc12. The van der Waals surface area contributed by atoms with Crippen LogP contribution in [0.5, 0.6) is 0 Å². The van der Waals surface area contributed by atoms with Crippen molar-refractivity contribution in [1.29, 1.82) is 0 Å². The second kappa shape index (κ2) is 9.38. The van der Waals surface area contributed by atoms with Crippen LogP contribution in [0.4, 0.5) is 0 Å². The fourth-order valence-corrected chi connectivity index (χ4v) is 6.48. The average molecular weight is 431 g/mol. The molecule has 2 bridgehead atoms. The smallest absolute Gasteiger partial charge is 0.150 e. The summed E-state index contributed by atoms with van der Waals surface area (Å²) in [4.78, 5) is 14.3. The minimum atomic E-state index is -0.836. The third kappa shape index (κ3) is 3.92. The predicted octanol–water partition coefficient (Wildman–Crippen LogP) is 7.85. The summed E-state index contributed by atoms with van der Waals surface area (Å²) in [6.07, 6.45) is 2.82. The molecule has 2 aliphatic rings. The van der Waals surface area contributed by atoms with Crippen LogP contribution in [0.25, 0.3) is 0 Å². The fourth-order valence-electron chi connectivity index (χ4n) is 6.48. The van der Waals surface area contributed by atoms with Crippen molar-refractivity contribution in [2.24, 2.45) is 16.7 Å². The van der Waals surface area contributed by atoms with E-state index in [-0.39, 0.29) is 16.7 Å². The zero-order chi connectivity index (χ0) is 24.5. The van der Waals surface area contributed by atoms with Gasteiger partial charge in [-0.05, 0) is 48.1 Å². The van der Waals surface area contributed by atoms with Gasteiger partial charge in [0.25, 0.3) is 0 Å². The maximum atomic E-state index is 14.3.